The fourth-order valence-electron chi connectivity index (χ4n) is 3.06. The van der Waals surface area contributed by atoms with Crippen molar-refractivity contribution in [3.63, 3.8) is 0 Å². The number of ether oxygens (including phenoxy) is 1. The normalized spacial score (nSPS) is 29.5. The van der Waals surface area contributed by atoms with Gasteiger partial charge in [0.15, 0.2) is 0 Å². The van der Waals surface area contributed by atoms with Crippen molar-refractivity contribution >= 4 is 29.0 Å². The van der Waals surface area contributed by atoms with E-state index in [1.54, 1.807) is 13.0 Å². The minimum absolute atomic E-state index is 0.192. The zero-order chi connectivity index (χ0) is 24.8. The second kappa shape index (κ2) is 8.88. The van der Waals surface area contributed by atoms with Crippen molar-refractivity contribution in [1.29, 1.82) is 5.26 Å². The predicted molar refractivity (Wildman–Crippen MR) is 102 cm³/mol. The molecule has 33 heavy (non-hydrogen) atoms. The lowest BCUT2D eigenvalue weighted by atomic mass is 9.96. The molecule has 17 nitrogen and oxygen atoms in total. The van der Waals surface area contributed by atoms with Gasteiger partial charge in [-0.25, -0.2) is 23.2 Å². The summed E-state index contributed by atoms with van der Waals surface area (Å²) in [5.74, 6) is 0. The fourth-order valence-corrected chi connectivity index (χ4v) is 6.11. The summed E-state index contributed by atoms with van der Waals surface area (Å²) in [7, 11) is -17.0. The number of hydrogen-bond donors (Lipinski definition) is 6. The average Bonchev–Trinajstić information content (AvgIpc) is 3.19. The molecule has 0 spiro atoms. The Morgan fingerprint density at radius 3 is 2.45 bits per heavy atom. The lowest BCUT2D eigenvalue weighted by molar-refractivity contribution is -0.0729. The molecule has 2 aromatic heterocycles. The van der Waals surface area contributed by atoms with Gasteiger partial charge in [-0.15, -0.1) is 0 Å². The van der Waals surface area contributed by atoms with E-state index in [-0.39, 0.29) is 5.69 Å². The average molecular weight is 530 g/mol. The van der Waals surface area contributed by atoms with Gasteiger partial charge in [-0.1, -0.05) is 0 Å². The molecule has 0 bridgehead atoms. The summed E-state index contributed by atoms with van der Waals surface area (Å²) in [5.41, 5.74) is -1.18. The van der Waals surface area contributed by atoms with Crippen LogP contribution in [0, 0.1) is 18.3 Å². The van der Waals surface area contributed by atoms with Gasteiger partial charge in [0, 0.05) is 0 Å². The molecule has 0 aromatic carbocycles. The molecule has 3 heterocycles. The van der Waals surface area contributed by atoms with Crippen LogP contribution in [-0.2, 0) is 31.6 Å². The molecule has 6 N–H and O–H groups in total. The SMILES string of the molecule is Cc1ncnn2c([C@@H]3O[C@](C#N)(COP(=O)(O)OP(=O)(O)OP(=O)(O)O)[C@@H](O)[C@H]3O)ccc12. The Balaban J connectivity index is 1.81. The maximum Gasteiger partial charge on any atom is 0.490 e. The maximum absolute atomic E-state index is 12.0. The first-order valence-electron chi connectivity index (χ1n) is 8.62. The molecule has 2 aromatic rings. The lowest BCUT2D eigenvalue weighted by Crippen LogP contribution is -2.45. The van der Waals surface area contributed by atoms with Crippen LogP contribution in [0.25, 0.3) is 5.52 Å². The minimum atomic E-state index is -5.79. The second-order valence-corrected chi connectivity index (χ2v) is 11.2. The van der Waals surface area contributed by atoms with Gasteiger partial charge in [0.25, 0.3) is 0 Å². The van der Waals surface area contributed by atoms with Gasteiger partial charge >= 0.3 is 23.5 Å². The Kier molecular flexibility index (Phi) is 7.00. The van der Waals surface area contributed by atoms with Crippen LogP contribution < -0.4 is 0 Å². The molecular weight excluding hydrogens is 513 g/mol. The monoisotopic (exact) mass is 530 g/mol. The van der Waals surface area contributed by atoms with E-state index in [9.17, 15) is 39.0 Å². The van der Waals surface area contributed by atoms with E-state index in [1.807, 2.05) is 0 Å². The van der Waals surface area contributed by atoms with Gasteiger partial charge in [-0.05, 0) is 19.1 Å². The Morgan fingerprint density at radius 1 is 1.18 bits per heavy atom. The summed E-state index contributed by atoms with van der Waals surface area (Å²) >= 11 is 0. The van der Waals surface area contributed by atoms with Gasteiger partial charge in [0.2, 0.25) is 5.60 Å². The van der Waals surface area contributed by atoms with Crippen LogP contribution in [0.5, 0.6) is 0 Å². The van der Waals surface area contributed by atoms with Crippen LogP contribution in [0.2, 0.25) is 0 Å². The Morgan fingerprint density at radius 2 is 1.85 bits per heavy atom. The first-order valence-corrected chi connectivity index (χ1v) is 13.1. The van der Waals surface area contributed by atoms with E-state index >= 15 is 0 Å². The van der Waals surface area contributed by atoms with Crippen molar-refractivity contribution in [2.75, 3.05) is 6.61 Å². The smallest absolute Gasteiger partial charge is 0.387 e. The summed E-state index contributed by atoms with van der Waals surface area (Å²) in [4.78, 5) is 39.9. The summed E-state index contributed by atoms with van der Waals surface area (Å²) in [6, 6.07) is 4.58. The number of aryl methyl sites for hydroxylation is 1. The quantitative estimate of drug-likeness (QED) is 0.233. The van der Waals surface area contributed by atoms with E-state index in [2.05, 4.69) is 23.2 Å². The molecule has 1 fully saturated rings. The van der Waals surface area contributed by atoms with Crippen molar-refractivity contribution in [3.8, 4) is 6.07 Å². The summed E-state index contributed by atoms with van der Waals surface area (Å²) in [6.45, 7) is 0.406. The number of fused-ring (bicyclic) bond motifs is 1. The van der Waals surface area contributed by atoms with Crippen LogP contribution in [0.15, 0.2) is 18.5 Å². The molecule has 3 rings (SSSR count). The number of phosphoric acid groups is 3. The predicted octanol–water partition coefficient (Wildman–Crippen LogP) is -0.564. The van der Waals surface area contributed by atoms with E-state index < -0.39 is 54.0 Å². The van der Waals surface area contributed by atoms with Crippen molar-refractivity contribution in [3.05, 3.63) is 29.8 Å². The standard InChI is InChI=1S/C13H17N4O13P3/c1-7-8-2-3-9(17(8)16-6-15-7)11-10(18)12(19)13(4-14,28-11)5-27-32(23,24)30-33(25,26)29-31(20,21)22/h2-3,6,10-12,18-19H,5H2,1H3,(H,23,24)(H,25,26)(H2,20,21,22)/t10-,11-,12-,13+/m0/s1. The van der Waals surface area contributed by atoms with Gasteiger partial charge in [-0.3, -0.25) is 4.52 Å². The number of phosphoric ester groups is 1. The Bertz CT molecular complexity index is 1240. The van der Waals surface area contributed by atoms with Gasteiger partial charge < -0.3 is 34.5 Å². The zero-order valence-electron chi connectivity index (χ0n) is 16.3. The lowest BCUT2D eigenvalue weighted by Gasteiger charge is -2.25. The summed E-state index contributed by atoms with van der Waals surface area (Å²) < 4.78 is 52.4. The highest BCUT2D eigenvalue weighted by molar-refractivity contribution is 7.66. The van der Waals surface area contributed by atoms with Crippen LogP contribution in [0.4, 0.5) is 0 Å². The molecule has 0 amide bonds. The van der Waals surface area contributed by atoms with Crippen LogP contribution >= 0.6 is 23.5 Å². The minimum Gasteiger partial charge on any atom is -0.387 e. The number of aliphatic hydroxyl groups excluding tert-OH is 2. The Hall–Kier alpha value is -1.60. The third kappa shape index (κ3) is 5.56. The van der Waals surface area contributed by atoms with Crippen molar-refractivity contribution in [1.82, 2.24) is 14.6 Å². The molecular formula is C13H17N4O13P3. The van der Waals surface area contributed by atoms with Crippen molar-refractivity contribution in [2.24, 2.45) is 0 Å². The first-order chi connectivity index (χ1) is 15.1. The molecule has 0 radical (unpaired) electrons. The molecule has 2 unspecified atom stereocenters. The number of aromatic nitrogens is 3. The summed E-state index contributed by atoms with van der Waals surface area (Å²) in [6.07, 6.45) is -3.91. The highest BCUT2D eigenvalue weighted by atomic mass is 31.3. The van der Waals surface area contributed by atoms with Crippen LogP contribution in [-0.4, -0.2) is 68.8 Å². The van der Waals surface area contributed by atoms with E-state index in [4.69, 9.17) is 14.5 Å². The van der Waals surface area contributed by atoms with E-state index in [1.165, 1.54) is 23.0 Å². The fraction of sp³-hybridized carbons (Fsp3) is 0.462. The van der Waals surface area contributed by atoms with Gasteiger partial charge in [0.1, 0.15) is 37.3 Å². The van der Waals surface area contributed by atoms with Gasteiger partial charge in [0.05, 0.1) is 16.9 Å². The number of nitrogens with zero attached hydrogens (tertiary/aromatic N) is 4. The number of aliphatic hydroxyl groups is 2. The molecule has 6 atom stereocenters. The Labute approximate surface area is 184 Å². The maximum atomic E-state index is 12.0. The summed E-state index contributed by atoms with van der Waals surface area (Å²) in [5, 5.41) is 34.5. The molecule has 1 aliphatic rings. The van der Waals surface area contributed by atoms with Crippen molar-refractivity contribution in [2.45, 2.75) is 30.8 Å². The largest absolute Gasteiger partial charge is 0.490 e. The number of nitriles is 1. The zero-order valence-corrected chi connectivity index (χ0v) is 19.0. The molecule has 20 heteroatoms. The van der Waals surface area contributed by atoms with Crippen LogP contribution in [0.3, 0.4) is 0 Å². The molecule has 1 saturated heterocycles. The van der Waals surface area contributed by atoms with E-state index in [0.717, 1.165) is 0 Å². The third-order valence-corrected chi connectivity index (χ3v) is 8.24. The van der Waals surface area contributed by atoms with Crippen LogP contribution in [0.1, 0.15) is 17.5 Å². The highest BCUT2D eigenvalue weighted by Gasteiger charge is 2.57. The molecule has 182 valence electrons. The van der Waals surface area contributed by atoms with Crippen molar-refractivity contribution < 1.29 is 61.4 Å². The molecule has 0 aliphatic carbocycles. The third-order valence-electron chi connectivity index (χ3n) is 4.46. The number of rotatable bonds is 8. The van der Waals surface area contributed by atoms with Gasteiger partial charge in [-0.2, -0.15) is 19.0 Å². The molecule has 1 aliphatic heterocycles. The van der Waals surface area contributed by atoms with E-state index in [0.29, 0.717) is 11.2 Å². The highest BCUT2D eigenvalue weighted by Crippen LogP contribution is 2.66. The molecule has 0 saturated carbocycles. The topological polar surface area (TPSA) is 263 Å². The second-order valence-electron chi connectivity index (χ2n) is 6.74. The first kappa shape index (κ1) is 26.0. The number of hydrogen-bond acceptors (Lipinski definition) is 12.